The van der Waals surface area contributed by atoms with E-state index >= 15 is 0 Å². The second-order valence-electron chi connectivity index (χ2n) is 11.9. The van der Waals surface area contributed by atoms with Crippen LogP contribution in [0.4, 0.5) is 57.5 Å². The molecule has 1 unspecified atom stereocenters. The molecule has 3 rings (SSSR count). The van der Waals surface area contributed by atoms with Gasteiger partial charge >= 0.3 is 30.8 Å². The van der Waals surface area contributed by atoms with E-state index in [4.69, 9.17) is 9.47 Å². The minimum atomic E-state index is -4.95. The quantitative estimate of drug-likeness (QED) is 0.182. The van der Waals surface area contributed by atoms with Crippen LogP contribution >= 0.6 is 15.9 Å². The molecule has 0 saturated carbocycles. The van der Waals surface area contributed by atoms with E-state index in [0.29, 0.717) is 36.2 Å². The van der Waals surface area contributed by atoms with Crippen LogP contribution in [0.15, 0.2) is 66.7 Å². The molecule has 17 heteroatoms. The molecule has 50 heavy (non-hydrogen) atoms. The highest BCUT2D eigenvalue weighted by molar-refractivity contribution is 9.08. The Bertz CT molecular complexity index is 1500. The molecule has 0 heterocycles. The Morgan fingerprint density at radius 2 is 1.04 bits per heavy atom. The van der Waals surface area contributed by atoms with E-state index in [0.717, 1.165) is 0 Å². The summed E-state index contributed by atoms with van der Waals surface area (Å²) in [5.74, 6) is 0. The van der Waals surface area contributed by atoms with E-state index in [2.05, 4.69) is 21.2 Å². The summed E-state index contributed by atoms with van der Waals surface area (Å²) in [6.07, 6.45) is -19.9. The van der Waals surface area contributed by atoms with Gasteiger partial charge < -0.3 is 14.8 Å². The van der Waals surface area contributed by atoms with Crippen molar-refractivity contribution >= 4 is 22.0 Å². The fourth-order valence-electron chi connectivity index (χ4n) is 4.38. The Kier molecular flexibility index (Phi) is 13.9. The van der Waals surface area contributed by atoms with Crippen molar-refractivity contribution in [1.82, 2.24) is 5.32 Å². The molecule has 0 aliphatic heterocycles. The number of nitrogens with one attached hydrogen (secondary N) is 1. The summed E-state index contributed by atoms with van der Waals surface area (Å²) in [4.78, 5) is 12.5. The van der Waals surface area contributed by atoms with E-state index in [9.17, 15) is 57.5 Å². The summed E-state index contributed by atoms with van der Waals surface area (Å²) < 4.78 is 163. The Hall–Kier alpha value is -3.47. The first-order valence-electron chi connectivity index (χ1n) is 14.5. The van der Waals surface area contributed by atoms with Gasteiger partial charge in [0.15, 0.2) is 0 Å². The smallest absolute Gasteiger partial charge is 0.416 e. The van der Waals surface area contributed by atoms with Gasteiger partial charge in [0.05, 0.1) is 41.0 Å². The number of amides is 1. The highest BCUT2D eigenvalue weighted by atomic mass is 79.9. The topological polar surface area (TPSA) is 47.6 Å². The number of hydrogen-bond donors (Lipinski definition) is 1. The summed E-state index contributed by atoms with van der Waals surface area (Å²) in [5, 5.41) is 2.69. The number of alkyl halides is 13. The number of hydrogen-bond acceptors (Lipinski definition) is 3. The predicted molar refractivity (Wildman–Crippen MR) is 163 cm³/mol. The van der Waals surface area contributed by atoms with Gasteiger partial charge in [-0.05, 0) is 80.3 Å². The largest absolute Gasteiger partial charge is 0.444 e. The fourth-order valence-corrected chi connectivity index (χ4v) is 4.71. The van der Waals surface area contributed by atoms with Crippen molar-refractivity contribution in [3.05, 3.63) is 106 Å². The summed E-state index contributed by atoms with van der Waals surface area (Å²) in [5.41, 5.74) is -7.06. The molecule has 0 radical (unpaired) electrons. The molecule has 0 aromatic heterocycles. The van der Waals surface area contributed by atoms with Crippen LogP contribution in [0.5, 0.6) is 0 Å². The van der Waals surface area contributed by atoms with E-state index < -0.39 is 70.8 Å². The molecule has 0 fully saturated rings. The first kappa shape index (κ1) is 42.7. The van der Waals surface area contributed by atoms with Crippen LogP contribution in [-0.4, -0.2) is 18.3 Å². The van der Waals surface area contributed by atoms with E-state index in [1.807, 2.05) is 0 Å². The third kappa shape index (κ3) is 13.0. The van der Waals surface area contributed by atoms with Gasteiger partial charge in [-0.3, -0.25) is 0 Å². The molecule has 0 aliphatic rings. The van der Waals surface area contributed by atoms with Crippen LogP contribution in [0.2, 0.25) is 0 Å². The van der Waals surface area contributed by atoms with Crippen molar-refractivity contribution in [1.29, 1.82) is 0 Å². The first-order chi connectivity index (χ1) is 22.7. The molecule has 278 valence electrons. The molecule has 3 aromatic rings. The van der Waals surface area contributed by atoms with E-state index in [-0.39, 0.29) is 35.2 Å². The van der Waals surface area contributed by atoms with Gasteiger partial charge in [-0.1, -0.05) is 53.2 Å². The third-order valence-electron chi connectivity index (χ3n) is 6.74. The lowest BCUT2D eigenvalue weighted by molar-refractivity contribution is -0.144. The van der Waals surface area contributed by atoms with Crippen molar-refractivity contribution in [2.24, 2.45) is 0 Å². The number of halogens is 13. The number of alkyl carbamates (subject to hydrolysis) is 1. The van der Waals surface area contributed by atoms with Crippen molar-refractivity contribution in [2.45, 2.75) is 81.9 Å². The van der Waals surface area contributed by atoms with Crippen LogP contribution in [0.3, 0.4) is 0 Å². The SMILES string of the molecule is CCC(COCc1cc(C(F)(F)F)cc(C(F)(F)F)c1)(NC(=O)OC(C)(C)C)c1ccccc1.FC(F)(F)c1cc(CBr)cc(C(F)(F)F)c1. The Morgan fingerprint density at radius 3 is 1.38 bits per heavy atom. The van der Waals surface area contributed by atoms with Gasteiger partial charge in [-0.25, -0.2) is 4.79 Å². The van der Waals surface area contributed by atoms with Gasteiger partial charge in [0.2, 0.25) is 0 Å². The third-order valence-corrected chi connectivity index (χ3v) is 7.38. The summed E-state index contributed by atoms with van der Waals surface area (Å²) in [7, 11) is 0. The van der Waals surface area contributed by atoms with Crippen molar-refractivity contribution < 1.29 is 67.0 Å². The lowest BCUT2D eigenvalue weighted by atomic mass is 9.88. The van der Waals surface area contributed by atoms with Gasteiger partial charge in [-0.2, -0.15) is 52.7 Å². The number of ether oxygens (including phenoxy) is 2. The van der Waals surface area contributed by atoms with E-state index in [1.165, 1.54) is 0 Å². The summed E-state index contributed by atoms with van der Waals surface area (Å²) in [6, 6.07) is 11.5. The second kappa shape index (κ2) is 16.3. The average Bonchev–Trinajstić information content (AvgIpc) is 2.98. The molecule has 1 amide bonds. The van der Waals surface area contributed by atoms with Crippen LogP contribution in [0.25, 0.3) is 0 Å². The maximum absolute atomic E-state index is 13.1. The van der Waals surface area contributed by atoms with Gasteiger partial charge in [-0.15, -0.1) is 0 Å². The Balaban J connectivity index is 0.000000452. The lowest BCUT2D eigenvalue weighted by Crippen LogP contribution is -2.50. The molecule has 0 spiro atoms. The van der Waals surface area contributed by atoms with Crippen molar-refractivity contribution in [2.75, 3.05) is 6.61 Å². The van der Waals surface area contributed by atoms with Gasteiger partial charge in [0.25, 0.3) is 0 Å². The number of carbonyl (C=O) groups is 1. The van der Waals surface area contributed by atoms with Crippen LogP contribution in [-0.2, 0) is 51.7 Å². The standard InChI is InChI=1S/C24H27F6NO3.C9H5BrF6/c1-5-22(17-9-7-6-8-10-17,31-20(32)34-21(2,3)4)15-33-14-16-11-18(23(25,26)27)13-19(12-16)24(28,29)30;10-4-5-1-6(8(11,12)13)3-7(2-5)9(14,15)16/h6-13H,5,14-15H2,1-4H3,(H,31,32);1-3H,4H2. The van der Waals surface area contributed by atoms with Gasteiger partial charge in [0, 0.05) is 5.33 Å². The van der Waals surface area contributed by atoms with Gasteiger partial charge in [0.1, 0.15) is 5.60 Å². The molecule has 0 aliphatic carbocycles. The molecule has 0 saturated heterocycles. The number of benzene rings is 3. The molecular formula is C33H32BrF12NO3. The van der Waals surface area contributed by atoms with Crippen molar-refractivity contribution in [3.63, 3.8) is 0 Å². The normalized spacial score (nSPS) is 13.9. The summed E-state index contributed by atoms with van der Waals surface area (Å²) >= 11 is 2.82. The lowest BCUT2D eigenvalue weighted by Gasteiger charge is -2.35. The molecule has 3 aromatic carbocycles. The maximum Gasteiger partial charge on any atom is 0.416 e. The monoisotopic (exact) mass is 797 g/mol. The highest BCUT2D eigenvalue weighted by Gasteiger charge is 2.39. The Labute approximate surface area is 288 Å². The molecule has 1 atom stereocenters. The molecular weight excluding hydrogens is 766 g/mol. The average molecular weight is 799 g/mol. The van der Waals surface area contributed by atoms with Crippen molar-refractivity contribution in [3.8, 4) is 0 Å². The molecule has 0 bridgehead atoms. The molecule has 1 N–H and O–H groups in total. The zero-order valence-corrected chi connectivity index (χ0v) is 28.4. The van der Waals surface area contributed by atoms with Crippen LogP contribution < -0.4 is 5.32 Å². The number of carbonyl (C=O) groups excluding carboxylic acids is 1. The zero-order chi connectivity index (χ0) is 38.3. The minimum Gasteiger partial charge on any atom is -0.444 e. The second-order valence-corrected chi connectivity index (χ2v) is 12.4. The highest BCUT2D eigenvalue weighted by Crippen LogP contribution is 2.38. The Morgan fingerprint density at radius 1 is 0.640 bits per heavy atom. The predicted octanol–water partition coefficient (Wildman–Crippen LogP) is 11.7. The maximum atomic E-state index is 13.1. The first-order valence-corrected chi connectivity index (χ1v) is 15.6. The van der Waals surface area contributed by atoms with Crippen LogP contribution in [0.1, 0.15) is 73.1 Å². The number of rotatable bonds is 8. The molecule has 4 nitrogen and oxygen atoms in total. The van der Waals surface area contributed by atoms with E-state index in [1.54, 1.807) is 58.0 Å². The summed E-state index contributed by atoms with van der Waals surface area (Å²) in [6.45, 7) is 6.07. The minimum absolute atomic E-state index is 0.0634. The zero-order valence-electron chi connectivity index (χ0n) is 26.8. The fraction of sp³-hybridized carbons (Fsp3) is 0.424. The van der Waals surface area contributed by atoms with Crippen LogP contribution in [0, 0.1) is 0 Å².